The Morgan fingerprint density at radius 2 is 1.73 bits per heavy atom. The number of carboxylic acids is 1. The Hall–Kier alpha value is -1.27. The molecule has 120 valence electrons. The van der Waals surface area contributed by atoms with E-state index < -0.39 is 42.6 Å². The lowest BCUT2D eigenvalue weighted by Crippen LogP contribution is -2.60. The number of aliphatic hydroxyl groups is 3. The van der Waals surface area contributed by atoms with E-state index in [0.717, 1.165) is 0 Å². The van der Waals surface area contributed by atoms with Crippen LogP contribution < -0.4 is 0 Å². The first-order valence-electron chi connectivity index (χ1n) is 6.21. The highest BCUT2D eigenvalue weighted by Crippen LogP contribution is 2.24. The average Bonchev–Trinajstić information content (AvgIpc) is 2.47. The minimum atomic E-state index is -1.83. The van der Waals surface area contributed by atoms with Crippen LogP contribution in [0.5, 0.6) is 0 Å². The summed E-state index contributed by atoms with van der Waals surface area (Å²) in [6, 6.07) is 6.47. The van der Waals surface area contributed by atoms with Gasteiger partial charge in [0.1, 0.15) is 18.3 Å². The summed E-state index contributed by atoms with van der Waals surface area (Å²) in [6.07, 6.45) is -8.94. The van der Waals surface area contributed by atoms with Gasteiger partial charge in [0.15, 0.2) is 6.10 Å². The number of benzene rings is 1. The zero-order chi connectivity index (χ0) is 16.4. The van der Waals surface area contributed by atoms with Crippen LogP contribution in [0.3, 0.4) is 0 Å². The van der Waals surface area contributed by atoms with Gasteiger partial charge in [0.05, 0.1) is 5.56 Å². The van der Waals surface area contributed by atoms with Crippen LogP contribution in [-0.2, 0) is 14.3 Å². The Bertz CT molecular complexity index is 577. The molecule has 5 atom stereocenters. The van der Waals surface area contributed by atoms with Gasteiger partial charge in [0.2, 0.25) is 6.29 Å². The first-order valence-corrected chi connectivity index (χ1v) is 7.28. The van der Waals surface area contributed by atoms with E-state index in [9.17, 15) is 24.9 Å². The lowest BCUT2D eigenvalue weighted by Gasteiger charge is -2.37. The van der Waals surface area contributed by atoms with E-state index in [-0.39, 0.29) is 5.56 Å². The van der Waals surface area contributed by atoms with Gasteiger partial charge in [0.25, 0.3) is 0 Å². The van der Waals surface area contributed by atoms with Crippen molar-refractivity contribution in [3.8, 4) is 0 Å². The molecule has 9 heteroatoms. The lowest BCUT2D eigenvalue weighted by atomic mass is 9.99. The predicted octanol–water partition coefficient (Wildman–Crippen LogP) is -0.660. The summed E-state index contributed by atoms with van der Waals surface area (Å²) in [5.41, 5.74) is 0.200. The van der Waals surface area contributed by atoms with E-state index >= 15 is 0 Å². The summed E-state index contributed by atoms with van der Waals surface area (Å²) in [6.45, 7) is 0. The number of aliphatic hydroxyl groups excluding tert-OH is 3. The van der Waals surface area contributed by atoms with Gasteiger partial charge in [-0.1, -0.05) is 12.1 Å². The third-order valence-corrected chi connectivity index (χ3v) is 4.07. The zero-order valence-corrected chi connectivity index (χ0v) is 13.2. The van der Waals surface area contributed by atoms with E-state index in [1.165, 1.54) is 6.07 Å². The van der Waals surface area contributed by atoms with Gasteiger partial charge in [-0.15, -0.1) is 0 Å². The van der Waals surface area contributed by atoms with Gasteiger partial charge >= 0.3 is 11.9 Å². The molecule has 1 aromatic rings. The van der Waals surface area contributed by atoms with Crippen molar-refractivity contribution in [3.05, 3.63) is 33.4 Å². The van der Waals surface area contributed by atoms with E-state index in [1.807, 2.05) is 22.6 Å². The summed E-state index contributed by atoms with van der Waals surface area (Å²) < 4.78 is 10.4. The number of carbonyl (C=O) groups excluding carboxylic acids is 1. The zero-order valence-electron chi connectivity index (χ0n) is 11.0. The fourth-order valence-electron chi connectivity index (χ4n) is 1.95. The normalized spacial score (nSPS) is 31.5. The minimum Gasteiger partial charge on any atom is -0.479 e. The molecule has 0 aromatic heterocycles. The number of carboxylic acid groups (broad SMARTS) is 1. The molecule has 1 saturated heterocycles. The number of aliphatic carboxylic acids is 1. The summed E-state index contributed by atoms with van der Waals surface area (Å²) in [5.74, 6) is -2.39. The molecular weight excluding hydrogens is 411 g/mol. The van der Waals surface area contributed by atoms with Gasteiger partial charge in [0, 0.05) is 3.57 Å². The van der Waals surface area contributed by atoms with Crippen molar-refractivity contribution in [1.29, 1.82) is 0 Å². The van der Waals surface area contributed by atoms with Crippen molar-refractivity contribution in [2.24, 2.45) is 0 Å². The predicted molar refractivity (Wildman–Crippen MR) is 78.9 cm³/mol. The van der Waals surface area contributed by atoms with E-state index in [2.05, 4.69) is 0 Å². The Labute approximate surface area is 138 Å². The molecule has 0 bridgehead atoms. The summed E-state index contributed by atoms with van der Waals surface area (Å²) in [7, 11) is 0. The fourth-order valence-corrected chi connectivity index (χ4v) is 2.55. The number of halogens is 1. The van der Waals surface area contributed by atoms with Crippen LogP contribution in [0.25, 0.3) is 0 Å². The Morgan fingerprint density at radius 1 is 1.09 bits per heavy atom. The first-order chi connectivity index (χ1) is 10.3. The van der Waals surface area contributed by atoms with Crippen LogP contribution in [0, 0.1) is 3.57 Å². The Kier molecular flexibility index (Phi) is 5.34. The van der Waals surface area contributed by atoms with Gasteiger partial charge in [-0.3, -0.25) is 0 Å². The maximum Gasteiger partial charge on any atom is 0.341 e. The number of rotatable bonds is 3. The molecule has 1 aliphatic rings. The maximum atomic E-state index is 12.0. The fraction of sp³-hybridized carbons (Fsp3) is 0.385. The van der Waals surface area contributed by atoms with Crippen LogP contribution in [0.4, 0.5) is 0 Å². The highest BCUT2D eigenvalue weighted by molar-refractivity contribution is 14.1. The minimum absolute atomic E-state index is 0.200. The van der Waals surface area contributed by atoms with Crippen molar-refractivity contribution in [3.63, 3.8) is 0 Å². The highest BCUT2D eigenvalue weighted by Gasteiger charge is 2.48. The molecule has 0 spiro atoms. The summed E-state index contributed by atoms with van der Waals surface area (Å²) >= 11 is 1.91. The van der Waals surface area contributed by atoms with Crippen molar-refractivity contribution in [2.75, 3.05) is 0 Å². The number of hydrogen-bond acceptors (Lipinski definition) is 7. The molecule has 8 nitrogen and oxygen atoms in total. The smallest absolute Gasteiger partial charge is 0.341 e. The van der Waals surface area contributed by atoms with Crippen LogP contribution in [0.2, 0.25) is 0 Å². The molecule has 0 saturated carbocycles. The molecule has 1 fully saturated rings. The molecule has 0 amide bonds. The molecule has 2 rings (SSSR count). The van der Waals surface area contributed by atoms with E-state index in [4.69, 9.17) is 14.6 Å². The number of carbonyl (C=O) groups is 2. The molecule has 5 unspecified atom stereocenters. The third kappa shape index (κ3) is 3.38. The topological polar surface area (TPSA) is 134 Å². The van der Waals surface area contributed by atoms with Gasteiger partial charge < -0.3 is 29.9 Å². The standard InChI is InChI=1S/C13H13IO8/c14-6-4-2-1-3-5(6)12(20)22-13-9(17)7(15)8(16)10(21-13)11(18)19/h1-4,7-10,13,15-17H,(H,18,19). The van der Waals surface area contributed by atoms with Crippen LogP contribution in [0.1, 0.15) is 10.4 Å². The number of ether oxygens (including phenoxy) is 2. The van der Waals surface area contributed by atoms with Crippen LogP contribution in [0.15, 0.2) is 24.3 Å². The van der Waals surface area contributed by atoms with E-state index in [1.54, 1.807) is 18.2 Å². The molecule has 1 aromatic carbocycles. The highest BCUT2D eigenvalue weighted by atomic mass is 127. The third-order valence-electron chi connectivity index (χ3n) is 3.13. The summed E-state index contributed by atoms with van der Waals surface area (Å²) in [4.78, 5) is 23.0. The Morgan fingerprint density at radius 3 is 2.32 bits per heavy atom. The quantitative estimate of drug-likeness (QED) is 0.372. The van der Waals surface area contributed by atoms with Gasteiger partial charge in [-0.2, -0.15) is 0 Å². The number of esters is 1. The summed E-state index contributed by atoms with van der Waals surface area (Å²) in [5, 5.41) is 37.8. The Balaban J connectivity index is 2.16. The molecular formula is C13H13IO8. The molecule has 0 aliphatic carbocycles. The second-order valence-corrected chi connectivity index (χ2v) is 5.78. The second-order valence-electron chi connectivity index (χ2n) is 4.62. The second kappa shape index (κ2) is 6.87. The van der Waals surface area contributed by atoms with Crippen LogP contribution >= 0.6 is 22.6 Å². The SMILES string of the molecule is O=C(OC1OC(C(=O)O)C(O)C(O)C1O)c1ccccc1I. The van der Waals surface area contributed by atoms with Gasteiger partial charge in [-0.25, -0.2) is 9.59 Å². The monoisotopic (exact) mass is 424 g/mol. The van der Waals surface area contributed by atoms with Crippen molar-refractivity contribution in [2.45, 2.75) is 30.7 Å². The lowest BCUT2D eigenvalue weighted by molar-refractivity contribution is -0.278. The van der Waals surface area contributed by atoms with E-state index in [0.29, 0.717) is 3.57 Å². The molecule has 1 heterocycles. The van der Waals surface area contributed by atoms with Crippen molar-refractivity contribution in [1.82, 2.24) is 0 Å². The average molecular weight is 424 g/mol. The number of hydrogen-bond donors (Lipinski definition) is 4. The molecule has 0 radical (unpaired) electrons. The molecule has 1 aliphatic heterocycles. The first kappa shape index (κ1) is 17.1. The van der Waals surface area contributed by atoms with Crippen LogP contribution in [-0.4, -0.2) is 63.1 Å². The van der Waals surface area contributed by atoms with Crippen molar-refractivity contribution >= 4 is 34.5 Å². The van der Waals surface area contributed by atoms with Gasteiger partial charge in [-0.05, 0) is 34.7 Å². The largest absolute Gasteiger partial charge is 0.479 e. The van der Waals surface area contributed by atoms with Crippen molar-refractivity contribution < 1.29 is 39.5 Å². The molecule has 22 heavy (non-hydrogen) atoms. The maximum absolute atomic E-state index is 12.0. The molecule has 4 N–H and O–H groups in total.